The number of hydrogen-bond donors (Lipinski definition) is 1. The summed E-state index contributed by atoms with van der Waals surface area (Å²) in [5, 5.41) is 10.1. The molecule has 1 aromatic rings. The number of likely N-dealkylation sites (tertiary alicyclic amines) is 2. The smallest absolute Gasteiger partial charge is 0.309 e. The Balaban J connectivity index is 1.68. The Kier molecular flexibility index (Phi) is 4.93. The minimum Gasteiger partial charge on any atom is -0.495 e. The molecular formula is C18H23ClN2O4. The van der Waals surface area contributed by atoms with E-state index in [1.54, 1.807) is 19.1 Å². The number of hydrogen-bond acceptors (Lipinski definition) is 4. The monoisotopic (exact) mass is 366 g/mol. The van der Waals surface area contributed by atoms with Crippen molar-refractivity contribution in [2.75, 3.05) is 27.2 Å². The zero-order valence-electron chi connectivity index (χ0n) is 14.5. The van der Waals surface area contributed by atoms with E-state index in [2.05, 4.69) is 4.90 Å². The summed E-state index contributed by atoms with van der Waals surface area (Å²) in [6.45, 7) is 2.26. The van der Waals surface area contributed by atoms with Gasteiger partial charge < -0.3 is 14.7 Å². The van der Waals surface area contributed by atoms with Gasteiger partial charge >= 0.3 is 5.97 Å². The van der Waals surface area contributed by atoms with Gasteiger partial charge in [0.1, 0.15) is 5.75 Å². The summed E-state index contributed by atoms with van der Waals surface area (Å²) in [6, 6.07) is 5.74. The van der Waals surface area contributed by atoms with Crippen molar-refractivity contribution in [3.8, 4) is 5.75 Å². The third-order valence-corrected chi connectivity index (χ3v) is 6.01. The van der Waals surface area contributed by atoms with Crippen LogP contribution in [0.3, 0.4) is 0 Å². The van der Waals surface area contributed by atoms with Crippen molar-refractivity contribution in [1.82, 2.24) is 9.80 Å². The lowest BCUT2D eigenvalue weighted by Gasteiger charge is -2.45. The SMILES string of the molecule is COc1ccc(CN2CCC3(CC2)[C@@H](C(=O)O)CC(=O)N3C)cc1Cl. The Morgan fingerprint density at radius 2 is 2.08 bits per heavy atom. The van der Waals surface area contributed by atoms with Crippen molar-refractivity contribution in [3.63, 3.8) is 0 Å². The second-order valence-corrected chi connectivity index (χ2v) is 7.30. The average Bonchev–Trinajstić information content (AvgIpc) is 2.83. The lowest BCUT2D eigenvalue weighted by atomic mass is 9.77. The Morgan fingerprint density at radius 1 is 1.40 bits per heavy atom. The molecule has 2 fully saturated rings. The number of rotatable bonds is 4. The van der Waals surface area contributed by atoms with Crippen molar-refractivity contribution >= 4 is 23.5 Å². The van der Waals surface area contributed by atoms with E-state index in [0.29, 0.717) is 23.6 Å². The first-order valence-corrected chi connectivity index (χ1v) is 8.79. The maximum atomic E-state index is 12.1. The molecule has 2 heterocycles. The van der Waals surface area contributed by atoms with Gasteiger partial charge in [-0.3, -0.25) is 14.5 Å². The molecule has 25 heavy (non-hydrogen) atoms. The number of ether oxygens (including phenoxy) is 1. The minimum absolute atomic E-state index is 0.0669. The zero-order chi connectivity index (χ0) is 18.2. The van der Waals surface area contributed by atoms with E-state index in [4.69, 9.17) is 16.3 Å². The Bertz CT molecular complexity index is 686. The summed E-state index contributed by atoms with van der Waals surface area (Å²) >= 11 is 6.18. The van der Waals surface area contributed by atoms with Gasteiger partial charge in [0, 0.05) is 33.1 Å². The van der Waals surface area contributed by atoms with E-state index < -0.39 is 17.4 Å². The molecule has 0 unspecified atom stereocenters. The molecule has 0 radical (unpaired) electrons. The van der Waals surface area contributed by atoms with E-state index in [1.165, 1.54) is 0 Å². The number of carboxylic acid groups (broad SMARTS) is 1. The molecule has 2 saturated heterocycles. The molecule has 1 amide bonds. The van der Waals surface area contributed by atoms with Gasteiger partial charge in [-0.15, -0.1) is 0 Å². The molecule has 1 N–H and O–H groups in total. The van der Waals surface area contributed by atoms with Gasteiger partial charge in [-0.2, -0.15) is 0 Å². The van der Waals surface area contributed by atoms with Crippen LogP contribution in [-0.2, 0) is 16.1 Å². The van der Waals surface area contributed by atoms with Gasteiger partial charge in [-0.25, -0.2) is 0 Å². The summed E-state index contributed by atoms with van der Waals surface area (Å²) in [7, 11) is 3.33. The lowest BCUT2D eigenvalue weighted by Crippen LogP contribution is -2.55. The van der Waals surface area contributed by atoms with E-state index in [0.717, 1.165) is 25.2 Å². The number of carboxylic acids is 1. The lowest BCUT2D eigenvalue weighted by molar-refractivity contribution is -0.146. The maximum Gasteiger partial charge on any atom is 0.309 e. The fourth-order valence-corrected chi connectivity index (χ4v) is 4.43. The van der Waals surface area contributed by atoms with E-state index in [9.17, 15) is 14.7 Å². The molecule has 2 aliphatic rings. The summed E-state index contributed by atoms with van der Waals surface area (Å²) in [5.74, 6) is -0.892. The van der Waals surface area contributed by atoms with E-state index in [-0.39, 0.29) is 12.3 Å². The fourth-order valence-electron chi connectivity index (χ4n) is 4.15. The number of methoxy groups -OCH3 is 1. The largest absolute Gasteiger partial charge is 0.495 e. The standard InChI is InChI=1S/C18H23ClN2O4/c1-20-16(22)10-13(17(23)24)18(20)5-7-21(8-6-18)11-12-3-4-15(25-2)14(19)9-12/h3-4,9,13H,5-8,10-11H2,1-2H3,(H,23,24)/t13-/m1/s1. The molecular weight excluding hydrogens is 344 g/mol. The zero-order valence-corrected chi connectivity index (χ0v) is 15.3. The summed E-state index contributed by atoms with van der Waals surface area (Å²) < 4.78 is 5.17. The third-order valence-electron chi connectivity index (χ3n) is 5.71. The first kappa shape index (κ1) is 18.0. The van der Waals surface area contributed by atoms with Gasteiger partial charge in [0.05, 0.1) is 23.6 Å². The number of piperidine rings is 1. The molecule has 1 spiro atoms. The number of carbonyl (C=O) groups is 2. The number of halogens is 1. The Morgan fingerprint density at radius 3 is 2.64 bits per heavy atom. The fraction of sp³-hybridized carbons (Fsp3) is 0.556. The molecule has 7 heteroatoms. The average molecular weight is 367 g/mol. The van der Waals surface area contributed by atoms with Crippen LogP contribution >= 0.6 is 11.6 Å². The molecule has 136 valence electrons. The van der Waals surface area contributed by atoms with Crippen molar-refractivity contribution in [3.05, 3.63) is 28.8 Å². The molecule has 1 aromatic carbocycles. The van der Waals surface area contributed by atoms with Crippen LogP contribution in [0.15, 0.2) is 18.2 Å². The highest BCUT2D eigenvalue weighted by molar-refractivity contribution is 6.32. The molecule has 3 rings (SSSR count). The number of benzene rings is 1. The van der Waals surface area contributed by atoms with E-state index >= 15 is 0 Å². The van der Waals surface area contributed by atoms with Crippen molar-refractivity contribution in [2.45, 2.75) is 31.3 Å². The number of nitrogens with zero attached hydrogens (tertiary/aromatic N) is 2. The highest BCUT2D eigenvalue weighted by Crippen LogP contribution is 2.43. The van der Waals surface area contributed by atoms with Crippen LogP contribution in [0.1, 0.15) is 24.8 Å². The maximum absolute atomic E-state index is 12.1. The molecule has 0 saturated carbocycles. The normalized spacial score (nSPS) is 23.2. The van der Waals surface area contributed by atoms with Gasteiger partial charge in [0.25, 0.3) is 0 Å². The Labute approximate surface area is 152 Å². The molecule has 2 aliphatic heterocycles. The van der Waals surface area contributed by atoms with Crippen LogP contribution in [0.2, 0.25) is 5.02 Å². The van der Waals surface area contributed by atoms with Crippen LogP contribution in [0.4, 0.5) is 0 Å². The topological polar surface area (TPSA) is 70.1 Å². The van der Waals surface area contributed by atoms with Crippen molar-refractivity contribution < 1.29 is 19.4 Å². The number of amides is 1. The minimum atomic E-state index is -0.868. The molecule has 6 nitrogen and oxygen atoms in total. The number of carbonyl (C=O) groups excluding carboxylic acids is 1. The second-order valence-electron chi connectivity index (χ2n) is 6.90. The van der Waals surface area contributed by atoms with Gasteiger partial charge in [-0.1, -0.05) is 17.7 Å². The van der Waals surface area contributed by atoms with Crippen LogP contribution in [0.25, 0.3) is 0 Å². The van der Waals surface area contributed by atoms with Crippen molar-refractivity contribution in [1.29, 1.82) is 0 Å². The second kappa shape index (κ2) is 6.84. The quantitative estimate of drug-likeness (QED) is 0.885. The predicted molar refractivity (Wildman–Crippen MR) is 93.8 cm³/mol. The van der Waals surface area contributed by atoms with Crippen LogP contribution in [0, 0.1) is 5.92 Å². The van der Waals surface area contributed by atoms with Crippen LogP contribution in [-0.4, -0.2) is 59.6 Å². The summed E-state index contributed by atoms with van der Waals surface area (Å²) in [5.41, 5.74) is 0.546. The third kappa shape index (κ3) is 3.20. The van der Waals surface area contributed by atoms with Crippen LogP contribution < -0.4 is 4.74 Å². The highest BCUT2D eigenvalue weighted by Gasteiger charge is 2.55. The first-order valence-electron chi connectivity index (χ1n) is 8.41. The van der Waals surface area contributed by atoms with Gasteiger partial charge in [0.2, 0.25) is 5.91 Å². The molecule has 0 aromatic heterocycles. The highest BCUT2D eigenvalue weighted by atomic mass is 35.5. The van der Waals surface area contributed by atoms with Crippen LogP contribution in [0.5, 0.6) is 5.75 Å². The van der Waals surface area contributed by atoms with Crippen molar-refractivity contribution in [2.24, 2.45) is 5.92 Å². The van der Waals surface area contributed by atoms with Gasteiger partial charge in [-0.05, 0) is 30.5 Å². The number of aliphatic carboxylic acids is 1. The molecule has 0 bridgehead atoms. The summed E-state index contributed by atoms with van der Waals surface area (Å²) in [4.78, 5) is 27.6. The Hall–Kier alpha value is -1.79. The molecule has 0 aliphatic carbocycles. The predicted octanol–water partition coefficient (Wildman–Crippen LogP) is 2.25. The van der Waals surface area contributed by atoms with E-state index in [1.807, 2.05) is 18.2 Å². The molecule has 1 atom stereocenters. The summed E-state index contributed by atoms with van der Waals surface area (Å²) in [6.07, 6.45) is 1.46. The first-order chi connectivity index (χ1) is 11.9. The van der Waals surface area contributed by atoms with Gasteiger partial charge in [0.15, 0.2) is 0 Å².